The number of nitrogens with one attached hydrogen (secondary N) is 1. The van der Waals surface area contributed by atoms with Crippen LogP contribution in [-0.4, -0.2) is 23.7 Å². The van der Waals surface area contributed by atoms with Crippen LogP contribution in [-0.2, 0) is 11.2 Å². The fourth-order valence-electron chi connectivity index (χ4n) is 2.35. The number of amides is 1. The number of aliphatic hydroxyl groups excluding tert-OH is 1. The van der Waals surface area contributed by atoms with Crippen molar-refractivity contribution in [1.82, 2.24) is 5.32 Å². The second-order valence-corrected chi connectivity index (χ2v) is 5.28. The molecule has 0 spiro atoms. The van der Waals surface area contributed by atoms with Gasteiger partial charge in [-0.3, -0.25) is 4.79 Å². The largest absolute Gasteiger partial charge is 0.484 e. The Morgan fingerprint density at radius 3 is 3.05 bits per heavy atom. The van der Waals surface area contributed by atoms with Crippen LogP contribution in [0.15, 0.2) is 18.2 Å². The number of carbonyl (C=O) groups is 1. The van der Waals surface area contributed by atoms with Crippen LogP contribution in [0.25, 0.3) is 0 Å². The zero-order chi connectivity index (χ0) is 13.8. The van der Waals surface area contributed by atoms with E-state index in [0.29, 0.717) is 5.75 Å². The monoisotopic (exact) mass is 263 g/mol. The molecule has 4 nitrogen and oxygen atoms in total. The Morgan fingerprint density at radius 2 is 2.32 bits per heavy atom. The van der Waals surface area contributed by atoms with E-state index in [0.717, 1.165) is 24.8 Å². The second-order valence-electron chi connectivity index (χ2n) is 5.28. The van der Waals surface area contributed by atoms with Gasteiger partial charge in [0.15, 0.2) is 6.61 Å². The molecule has 1 unspecified atom stereocenters. The molecule has 1 atom stereocenters. The second kappa shape index (κ2) is 6.06. The number of hydrogen-bond acceptors (Lipinski definition) is 3. The van der Waals surface area contributed by atoms with E-state index in [1.807, 2.05) is 32.0 Å². The minimum Gasteiger partial charge on any atom is -0.484 e. The van der Waals surface area contributed by atoms with Crippen molar-refractivity contribution in [1.29, 1.82) is 0 Å². The Bertz CT molecular complexity index is 457. The Labute approximate surface area is 113 Å². The lowest BCUT2D eigenvalue weighted by atomic mass is 9.89. The van der Waals surface area contributed by atoms with Gasteiger partial charge in [0.25, 0.3) is 5.91 Å². The van der Waals surface area contributed by atoms with Crippen molar-refractivity contribution in [3.63, 3.8) is 0 Å². The summed E-state index contributed by atoms with van der Waals surface area (Å²) >= 11 is 0. The van der Waals surface area contributed by atoms with E-state index in [-0.39, 0.29) is 18.6 Å². The highest BCUT2D eigenvalue weighted by Crippen LogP contribution is 2.32. The van der Waals surface area contributed by atoms with Gasteiger partial charge in [-0.1, -0.05) is 6.07 Å². The van der Waals surface area contributed by atoms with Crippen LogP contribution in [0.3, 0.4) is 0 Å². The van der Waals surface area contributed by atoms with Crippen LogP contribution in [0.2, 0.25) is 0 Å². The van der Waals surface area contributed by atoms with Crippen molar-refractivity contribution >= 4 is 5.91 Å². The Hall–Kier alpha value is -1.55. The minimum absolute atomic E-state index is 0.00701. The third-order valence-electron chi connectivity index (χ3n) is 3.22. The number of aliphatic hydroxyl groups is 1. The van der Waals surface area contributed by atoms with E-state index in [1.165, 1.54) is 5.56 Å². The van der Waals surface area contributed by atoms with Crippen LogP contribution in [0.5, 0.6) is 5.75 Å². The molecule has 0 radical (unpaired) electrons. The van der Waals surface area contributed by atoms with Crippen molar-refractivity contribution in [3.05, 3.63) is 29.3 Å². The molecule has 0 fully saturated rings. The number of benzene rings is 1. The van der Waals surface area contributed by atoms with Crippen LogP contribution in [0.4, 0.5) is 0 Å². The molecule has 0 aromatic heterocycles. The maximum atomic E-state index is 11.5. The molecular formula is C15H21NO3. The molecule has 19 heavy (non-hydrogen) atoms. The summed E-state index contributed by atoms with van der Waals surface area (Å²) in [6.07, 6.45) is 2.41. The molecule has 1 aromatic carbocycles. The Kier molecular flexibility index (Phi) is 4.43. The molecule has 2 rings (SSSR count). The van der Waals surface area contributed by atoms with E-state index in [4.69, 9.17) is 4.74 Å². The fourth-order valence-corrected chi connectivity index (χ4v) is 2.35. The first-order valence-electron chi connectivity index (χ1n) is 6.79. The van der Waals surface area contributed by atoms with Crippen LogP contribution >= 0.6 is 0 Å². The zero-order valence-electron chi connectivity index (χ0n) is 11.5. The van der Waals surface area contributed by atoms with E-state index >= 15 is 0 Å². The standard InChI is InChI=1S/C15H21NO3/c1-10(2)16-15(18)9-19-12-7-6-11-4-3-5-14(17)13(11)8-12/h6-8,10,14,17H,3-5,9H2,1-2H3,(H,16,18). The molecule has 1 aliphatic carbocycles. The predicted octanol–water partition coefficient (Wildman–Crippen LogP) is 1.96. The summed E-state index contributed by atoms with van der Waals surface area (Å²) in [6, 6.07) is 5.80. The van der Waals surface area contributed by atoms with Crippen molar-refractivity contribution < 1.29 is 14.6 Å². The number of rotatable bonds is 4. The lowest BCUT2D eigenvalue weighted by Gasteiger charge is -2.22. The van der Waals surface area contributed by atoms with E-state index in [9.17, 15) is 9.90 Å². The molecule has 0 aliphatic heterocycles. The molecule has 1 amide bonds. The van der Waals surface area contributed by atoms with Crippen LogP contribution in [0.1, 0.15) is 43.9 Å². The van der Waals surface area contributed by atoms with Crippen LogP contribution in [0, 0.1) is 0 Å². The minimum atomic E-state index is -0.406. The fraction of sp³-hybridized carbons (Fsp3) is 0.533. The highest BCUT2D eigenvalue weighted by Gasteiger charge is 2.18. The summed E-state index contributed by atoms with van der Waals surface area (Å²) in [5.74, 6) is 0.506. The van der Waals surface area contributed by atoms with Gasteiger partial charge >= 0.3 is 0 Å². The lowest BCUT2D eigenvalue weighted by molar-refractivity contribution is -0.123. The van der Waals surface area contributed by atoms with Crippen molar-refractivity contribution in [2.45, 2.75) is 45.3 Å². The van der Waals surface area contributed by atoms with Crippen molar-refractivity contribution in [2.24, 2.45) is 0 Å². The first kappa shape index (κ1) is 13.9. The molecule has 1 aromatic rings. The summed E-state index contributed by atoms with van der Waals surface area (Å²) in [6.45, 7) is 3.83. The van der Waals surface area contributed by atoms with Gasteiger partial charge in [-0.25, -0.2) is 0 Å². The van der Waals surface area contributed by atoms with Crippen molar-refractivity contribution in [2.75, 3.05) is 6.61 Å². The zero-order valence-corrected chi connectivity index (χ0v) is 11.5. The summed E-state index contributed by atoms with van der Waals surface area (Å²) in [7, 11) is 0. The predicted molar refractivity (Wildman–Crippen MR) is 73.1 cm³/mol. The first-order valence-corrected chi connectivity index (χ1v) is 6.79. The molecule has 1 aliphatic rings. The third kappa shape index (κ3) is 3.70. The smallest absolute Gasteiger partial charge is 0.258 e. The molecule has 0 saturated heterocycles. The summed E-state index contributed by atoms with van der Waals surface area (Å²) in [5.41, 5.74) is 2.12. The first-order chi connectivity index (χ1) is 9.06. The SMILES string of the molecule is CC(C)NC(=O)COc1ccc2c(c1)C(O)CCC2. The maximum absolute atomic E-state index is 11.5. The van der Waals surface area contributed by atoms with Gasteiger partial charge in [-0.05, 0) is 56.4 Å². The highest BCUT2D eigenvalue weighted by atomic mass is 16.5. The quantitative estimate of drug-likeness (QED) is 0.873. The molecule has 0 heterocycles. The number of hydrogen-bond donors (Lipinski definition) is 2. The van der Waals surface area contributed by atoms with Gasteiger partial charge < -0.3 is 15.2 Å². The van der Waals surface area contributed by atoms with Gasteiger partial charge in [0, 0.05) is 6.04 Å². The molecule has 2 N–H and O–H groups in total. The van der Waals surface area contributed by atoms with Gasteiger partial charge in [0.1, 0.15) is 5.75 Å². The molecule has 0 bridgehead atoms. The Morgan fingerprint density at radius 1 is 1.53 bits per heavy atom. The third-order valence-corrected chi connectivity index (χ3v) is 3.22. The number of carbonyl (C=O) groups excluding carboxylic acids is 1. The molecule has 0 saturated carbocycles. The average molecular weight is 263 g/mol. The van der Waals surface area contributed by atoms with Gasteiger partial charge in [-0.2, -0.15) is 0 Å². The topological polar surface area (TPSA) is 58.6 Å². The summed E-state index contributed by atoms with van der Waals surface area (Å²) < 4.78 is 5.46. The summed E-state index contributed by atoms with van der Waals surface area (Å²) in [4.78, 5) is 11.5. The van der Waals surface area contributed by atoms with E-state index < -0.39 is 6.10 Å². The lowest BCUT2D eigenvalue weighted by Crippen LogP contribution is -2.34. The van der Waals surface area contributed by atoms with Crippen LogP contribution < -0.4 is 10.1 Å². The normalized spacial score (nSPS) is 18.0. The van der Waals surface area contributed by atoms with E-state index in [1.54, 1.807) is 0 Å². The van der Waals surface area contributed by atoms with Gasteiger partial charge in [0.2, 0.25) is 0 Å². The number of fused-ring (bicyclic) bond motifs is 1. The average Bonchev–Trinajstić information content (AvgIpc) is 2.36. The van der Waals surface area contributed by atoms with Crippen molar-refractivity contribution in [3.8, 4) is 5.75 Å². The Balaban J connectivity index is 1.98. The molecule has 4 heteroatoms. The molecule has 104 valence electrons. The highest BCUT2D eigenvalue weighted by molar-refractivity contribution is 5.77. The maximum Gasteiger partial charge on any atom is 0.258 e. The van der Waals surface area contributed by atoms with Gasteiger partial charge in [-0.15, -0.1) is 0 Å². The number of ether oxygens (including phenoxy) is 1. The van der Waals surface area contributed by atoms with E-state index in [2.05, 4.69) is 5.32 Å². The molecular weight excluding hydrogens is 242 g/mol. The van der Waals surface area contributed by atoms with Gasteiger partial charge in [0.05, 0.1) is 6.10 Å². The summed E-state index contributed by atoms with van der Waals surface area (Å²) in [5, 5.41) is 12.7. The number of aryl methyl sites for hydroxylation is 1.